The van der Waals surface area contributed by atoms with Crippen LogP contribution in [0.5, 0.6) is 0 Å². The largest absolute Gasteiger partial charge is 0.301 e. The molecule has 1 aliphatic heterocycles. The molecule has 1 fully saturated rings. The minimum Gasteiger partial charge on any atom is -0.301 e. The second kappa shape index (κ2) is 16.1. The minimum atomic E-state index is 0.395. The summed E-state index contributed by atoms with van der Waals surface area (Å²) in [6.07, 6.45) is 0.825. The van der Waals surface area contributed by atoms with Gasteiger partial charge in [0.2, 0.25) is 0 Å². The summed E-state index contributed by atoms with van der Waals surface area (Å²) in [6, 6.07) is 32.5. The highest BCUT2D eigenvalue weighted by molar-refractivity contribution is 5.16. The Bertz CT molecular complexity index is 976. The lowest BCUT2D eigenvalue weighted by Crippen LogP contribution is -2.45. The van der Waals surface area contributed by atoms with Crippen LogP contribution in [-0.4, -0.2) is 85.0 Å². The second-order valence-electron chi connectivity index (χ2n) is 10.3. The first kappa shape index (κ1) is 28.1. The third-order valence-corrected chi connectivity index (χ3v) is 7.40. The van der Waals surface area contributed by atoms with Crippen LogP contribution in [0.3, 0.4) is 0 Å². The predicted molar refractivity (Wildman–Crippen MR) is 157 cm³/mol. The molecule has 0 radical (unpaired) electrons. The molecule has 0 unspecified atom stereocenters. The van der Waals surface area contributed by atoms with Crippen LogP contribution >= 0.6 is 0 Å². The topological polar surface area (TPSA) is 42.4 Å². The summed E-state index contributed by atoms with van der Waals surface area (Å²) in [4.78, 5) is 21.1. The Hall–Kier alpha value is -2.90. The van der Waals surface area contributed by atoms with Crippen LogP contribution in [0.15, 0.2) is 96.2 Å². The quantitative estimate of drug-likeness (QED) is 0.283. The van der Waals surface area contributed by atoms with Crippen LogP contribution in [-0.2, 0) is 19.6 Å². The SMILES string of the molecule is O=NCCCN1CCN(Cc2ccccc2)CCN(Cc2ccccc2)CCN(Cc2ccccc2)CC1. The molecule has 3 aromatic carbocycles. The Morgan fingerprint density at radius 2 is 0.789 bits per heavy atom. The molecule has 0 atom stereocenters. The number of rotatable bonds is 10. The summed E-state index contributed by atoms with van der Waals surface area (Å²) in [5.41, 5.74) is 4.10. The Labute approximate surface area is 228 Å². The van der Waals surface area contributed by atoms with Crippen molar-refractivity contribution in [2.45, 2.75) is 26.1 Å². The van der Waals surface area contributed by atoms with Gasteiger partial charge >= 0.3 is 0 Å². The lowest BCUT2D eigenvalue weighted by Gasteiger charge is -2.34. The van der Waals surface area contributed by atoms with Gasteiger partial charge in [-0.2, -0.15) is 4.91 Å². The van der Waals surface area contributed by atoms with E-state index in [0.29, 0.717) is 6.54 Å². The molecule has 0 amide bonds. The molecule has 1 saturated heterocycles. The molecule has 1 aliphatic rings. The summed E-state index contributed by atoms with van der Waals surface area (Å²) >= 11 is 0. The fourth-order valence-electron chi connectivity index (χ4n) is 5.16. The van der Waals surface area contributed by atoms with Gasteiger partial charge in [0.05, 0.1) is 6.54 Å². The first-order valence-corrected chi connectivity index (χ1v) is 14.1. The summed E-state index contributed by atoms with van der Waals surface area (Å²) in [7, 11) is 0. The molecule has 6 nitrogen and oxygen atoms in total. The lowest BCUT2D eigenvalue weighted by molar-refractivity contribution is 0.124. The van der Waals surface area contributed by atoms with E-state index in [2.05, 4.69) is 116 Å². The molecule has 0 aliphatic carbocycles. The third kappa shape index (κ3) is 10.1. The van der Waals surface area contributed by atoms with Gasteiger partial charge in [-0.3, -0.25) is 14.7 Å². The van der Waals surface area contributed by atoms with Crippen molar-refractivity contribution in [3.05, 3.63) is 113 Å². The number of benzene rings is 3. The third-order valence-electron chi connectivity index (χ3n) is 7.40. The first-order valence-electron chi connectivity index (χ1n) is 14.1. The highest BCUT2D eigenvalue weighted by Crippen LogP contribution is 2.11. The second-order valence-corrected chi connectivity index (χ2v) is 10.3. The van der Waals surface area contributed by atoms with E-state index in [4.69, 9.17) is 0 Å². The highest BCUT2D eigenvalue weighted by Gasteiger charge is 2.17. The van der Waals surface area contributed by atoms with E-state index in [1.807, 2.05) is 0 Å². The van der Waals surface area contributed by atoms with Crippen LogP contribution < -0.4 is 0 Å². The molecule has 0 aromatic heterocycles. The highest BCUT2D eigenvalue weighted by atomic mass is 16.3. The fourth-order valence-corrected chi connectivity index (χ4v) is 5.16. The van der Waals surface area contributed by atoms with Crippen molar-refractivity contribution in [3.8, 4) is 0 Å². The Morgan fingerprint density at radius 1 is 0.474 bits per heavy atom. The lowest BCUT2D eigenvalue weighted by atomic mass is 10.2. The van der Waals surface area contributed by atoms with Gasteiger partial charge in [0.25, 0.3) is 0 Å². The maximum atomic E-state index is 10.7. The number of nitroso groups, excluding NO2 is 1. The summed E-state index contributed by atoms with van der Waals surface area (Å²) in [6.45, 7) is 12.4. The van der Waals surface area contributed by atoms with Gasteiger partial charge in [-0.05, 0) is 23.1 Å². The Balaban J connectivity index is 1.49. The van der Waals surface area contributed by atoms with Crippen molar-refractivity contribution < 1.29 is 0 Å². The Morgan fingerprint density at radius 3 is 1.11 bits per heavy atom. The molecular weight excluding hydrogens is 470 g/mol. The van der Waals surface area contributed by atoms with Crippen LogP contribution in [0.25, 0.3) is 0 Å². The first-order chi connectivity index (χ1) is 18.8. The van der Waals surface area contributed by atoms with Gasteiger partial charge in [0.1, 0.15) is 0 Å². The number of hydrogen-bond donors (Lipinski definition) is 0. The normalized spacial score (nSPS) is 17.5. The molecule has 6 heteroatoms. The van der Waals surface area contributed by atoms with Crippen molar-refractivity contribution in [2.24, 2.45) is 5.18 Å². The molecule has 0 saturated carbocycles. The molecule has 1 heterocycles. The van der Waals surface area contributed by atoms with Crippen molar-refractivity contribution in [1.82, 2.24) is 19.6 Å². The zero-order valence-electron chi connectivity index (χ0n) is 22.7. The molecule has 38 heavy (non-hydrogen) atoms. The molecule has 4 rings (SSSR count). The van der Waals surface area contributed by atoms with E-state index in [1.54, 1.807) is 0 Å². The van der Waals surface area contributed by atoms with Gasteiger partial charge in [0, 0.05) is 78.5 Å². The van der Waals surface area contributed by atoms with Gasteiger partial charge in [0.15, 0.2) is 0 Å². The standard InChI is InChI=1S/C32H43N5O/c38-33-17-10-18-34-19-21-35(27-30-11-4-1-5-12-30)23-25-37(29-32-15-8-3-9-16-32)26-24-36(22-20-34)28-31-13-6-2-7-14-31/h1-9,11-16H,10,17-29H2. The van der Waals surface area contributed by atoms with E-state index < -0.39 is 0 Å². The zero-order chi connectivity index (χ0) is 26.3. The van der Waals surface area contributed by atoms with Crippen molar-refractivity contribution in [2.75, 3.05) is 65.4 Å². The fraction of sp³-hybridized carbons (Fsp3) is 0.438. The zero-order valence-corrected chi connectivity index (χ0v) is 22.7. The predicted octanol–water partition coefficient (Wildman–Crippen LogP) is 4.97. The maximum Gasteiger partial charge on any atom is 0.0823 e. The number of hydrogen-bond acceptors (Lipinski definition) is 6. The average Bonchev–Trinajstić information content (AvgIpc) is 2.96. The monoisotopic (exact) mass is 513 g/mol. The van der Waals surface area contributed by atoms with Gasteiger partial charge in [-0.1, -0.05) is 96.2 Å². The van der Waals surface area contributed by atoms with Gasteiger partial charge < -0.3 is 4.90 Å². The Kier molecular flexibility index (Phi) is 11.9. The van der Waals surface area contributed by atoms with Crippen molar-refractivity contribution >= 4 is 0 Å². The van der Waals surface area contributed by atoms with Crippen molar-refractivity contribution in [3.63, 3.8) is 0 Å². The smallest absolute Gasteiger partial charge is 0.0823 e. The van der Waals surface area contributed by atoms with Crippen LogP contribution in [0.4, 0.5) is 0 Å². The maximum absolute atomic E-state index is 10.7. The van der Waals surface area contributed by atoms with Crippen LogP contribution in [0.1, 0.15) is 23.1 Å². The molecule has 0 N–H and O–H groups in total. The van der Waals surface area contributed by atoms with Gasteiger partial charge in [-0.15, -0.1) is 0 Å². The van der Waals surface area contributed by atoms with Crippen LogP contribution in [0.2, 0.25) is 0 Å². The summed E-state index contributed by atoms with van der Waals surface area (Å²) in [5, 5.41) is 3.10. The molecule has 202 valence electrons. The summed E-state index contributed by atoms with van der Waals surface area (Å²) in [5.74, 6) is 0. The van der Waals surface area contributed by atoms with Crippen molar-refractivity contribution in [1.29, 1.82) is 0 Å². The van der Waals surface area contributed by atoms with E-state index >= 15 is 0 Å². The minimum absolute atomic E-state index is 0.395. The van der Waals surface area contributed by atoms with E-state index in [1.165, 1.54) is 16.7 Å². The van der Waals surface area contributed by atoms with Crippen LogP contribution in [0, 0.1) is 4.91 Å². The molecular formula is C32H43N5O. The summed E-state index contributed by atoms with van der Waals surface area (Å²) < 4.78 is 0. The van der Waals surface area contributed by atoms with E-state index in [9.17, 15) is 4.91 Å². The average molecular weight is 514 g/mol. The van der Waals surface area contributed by atoms with E-state index in [0.717, 1.165) is 85.0 Å². The molecule has 0 spiro atoms. The molecule has 3 aromatic rings. The molecule has 0 bridgehead atoms. The number of nitrogens with zero attached hydrogens (tertiary/aromatic N) is 5. The van der Waals surface area contributed by atoms with E-state index in [-0.39, 0.29) is 0 Å². The van der Waals surface area contributed by atoms with Gasteiger partial charge in [-0.25, -0.2) is 0 Å².